The van der Waals surface area contributed by atoms with Crippen LogP contribution in [0.2, 0.25) is 0 Å². The maximum atomic E-state index is 5.35. The van der Waals surface area contributed by atoms with Gasteiger partial charge in [-0.3, -0.25) is 0 Å². The van der Waals surface area contributed by atoms with Gasteiger partial charge in [-0.2, -0.15) is 0 Å². The van der Waals surface area contributed by atoms with Gasteiger partial charge in [-0.15, -0.1) is 0 Å². The first-order valence-corrected chi connectivity index (χ1v) is 8.97. The molecule has 0 bridgehead atoms. The maximum Gasteiger partial charge on any atom is 0.161 e. The molecule has 0 aliphatic heterocycles. The standard InChI is InChI=1S/C21H30N2O4.ClH/c1-15(23-14-17-7-9-19(25-3)21(11-17)27-5)12-22-13-16-6-8-18(24-2)20(10-16)26-4;/h6-11,15,22-23H,12-14H2,1-5H3;1H/p-1. The molecule has 2 aromatic carbocycles. The number of hydrogen-bond acceptors (Lipinski definition) is 6. The molecule has 0 saturated carbocycles. The Morgan fingerprint density at radius 1 is 0.714 bits per heavy atom. The van der Waals surface area contributed by atoms with E-state index in [0.29, 0.717) is 6.04 Å². The minimum Gasteiger partial charge on any atom is -1.00 e. The Morgan fingerprint density at radius 2 is 1.18 bits per heavy atom. The molecule has 0 aliphatic rings. The van der Waals surface area contributed by atoms with Crippen molar-refractivity contribution in [2.24, 2.45) is 0 Å². The summed E-state index contributed by atoms with van der Waals surface area (Å²) in [6.07, 6.45) is 0. The Morgan fingerprint density at radius 3 is 1.64 bits per heavy atom. The lowest BCUT2D eigenvalue weighted by molar-refractivity contribution is -0.00000681. The van der Waals surface area contributed by atoms with E-state index in [-0.39, 0.29) is 12.4 Å². The second-order valence-corrected chi connectivity index (χ2v) is 6.29. The molecule has 28 heavy (non-hydrogen) atoms. The number of rotatable bonds is 11. The molecule has 156 valence electrons. The van der Waals surface area contributed by atoms with E-state index < -0.39 is 0 Å². The number of hydrogen-bond donors (Lipinski definition) is 2. The van der Waals surface area contributed by atoms with Crippen molar-refractivity contribution in [3.05, 3.63) is 47.5 Å². The minimum atomic E-state index is 0. The molecule has 2 aromatic rings. The van der Waals surface area contributed by atoms with E-state index in [4.69, 9.17) is 18.9 Å². The average Bonchev–Trinajstić information content (AvgIpc) is 2.71. The molecule has 2 rings (SSSR count). The van der Waals surface area contributed by atoms with Gasteiger partial charge in [0.1, 0.15) is 0 Å². The molecule has 0 saturated heterocycles. The average molecular weight is 410 g/mol. The van der Waals surface area contributed by atoms with Crippen LogP contribution in [-0.2, 0) is 13.1 Å². The van der Waals surface area contributed by atoms with Gasteiger partial charge in [-0.05, 0) is 42.3 Å². The molecule has 0 fully saturated rings. The lowest BCUT2D eigenvalue weighted by Gasteiger charge is -2.16. The molecular formula is C21H30ClN2O4-. The predicted molar refractivity (Wildman–Crippen MR) is 107 cm³/mol. The van der Waals surface area contributed by atoms with E-state index in [2.05, 4.69) is 17.6 Å². The zero-order valence-corrected chi connectivity index (χ0v) is 17.9. The van der Waals surface area contributed by atoms with Crippen LogP contribution >= 0.6 is 0 Å². The number of benzene rings is 2. The van der Waals surface area contributed by atoms with Crippen molar-refractivity contribution >= 4 is 0 Å². The van der Waals surface area contributed by atoms with E-state index in [0.717, 1.165) is 53.8 Å². The Labute approximate surface area is 173 Å². The summed E-state index contributed by atoms with van der Waals surface area (Å²) in [7, 11) is 6.58. The van der Waals surface area contributed by atoms with Crippen LogP contribution in [0.4, 0.5) is 0 Å². The Balaban J connectivity index is 0.00000392. The van der Waals surface area contributed by atoms with Crippen LogP contribution in [0.3, 0.4) is 0 Å². The zero-order valence-electron chi connectivity index (χ0n) is 17.2. The summed E-state index contributed by atoms with van der Waals surface area (Å²) in [5.74, 6) is 2.98. The fourth-order valence-electron chi connectivity index (χ4n) is 2.78. The normalized spacial score (nSPS) is 11.3. The fraction of sp³-hybridized carbons (Fsp3) is 0.429. The van der Waals surface area contributed by atoms with E-state index in [9.17, 15) is 0 Å². The molecule has 6 nitrogen and oxygen atoms in total. The van der Waals surface area contributed by atoms with Crippen molar-refractivity contribution < 1.29 is 31.4 Å². The molecule has 0 amide bonds. The SMILES string of the molecule is COc1ccc(CNCC(C)NCc2ccc(OC)c(OC)c2)cc1OC.[Cl-]. The van der Waals surface area contributed by atoms with Crippen LogP contribution in [0.1, 0.15) is 18.1 Å². The largest absolute Gasteiger partial charge is 1.00 e. The monoisotopic (exact) mass is 409 g/mol. The summed E-state index contributed by atoms with van der Waals surface area (Å²) >= 11 is 0. The third-order valence-electron chi connectivity index (χ3n) is 4.33. The Hall–Kier alpha value is -2.15. The van der Waals surface area contributed by atoms with E-state index in [1.54, 1.807) is 28.4 Å². The van der Waals surface area contributed by atoms with Gasteiger partial charge in [0.2, 0.25) is 0 Å². The van der Waals surface area contributed by atoms with Crippen molar-refractivity contribution in [3.63, 3.8) is 0 Å². The van der Waals surface area contributed by atoms with Gasteiger partial charge in [-0.25, -0.2) is 0 Å². The fourth-order valence-corrected chi connectivity index (χ4v) is 2.78. The second kappa shape index (κ2) is 12.3. The van der Waals surface area contributed by atoms with Crippen LogP contribution < -0.4 is 42.0 Å². The van der Waals surface area contributed by atoms with Crippen molar-refractivity contribution in [1.29, 1.82) is 0 Å². The lowest BCUT2D eigenvalue weighted by Crippen LogP contribution is -3.00. The van der Waals surface area contributed by atoms with Crippen LogP contribution in [0.5, 0.6) is 23.0 Å². The lowest BCUT2D eigenvalue weighted by atomic mass is 10.1. The molecule has 0 aromatic heterocycles. The van der Waals surface area contributed by atoms with Crippen LogP contribution in [0, 0.1) is 0 Å². The molecule has 2 N–H and O–H groups in total. The minimum absolute atomic E-state index is 0. The summed E-state index contributed by atoms with van der Waals surface area (Å²) in [5, 5.41) is 6.97. The number of halogens is 1. The molecular weight excluding hydrogens is 380 g/mol. The first kappa shape index (κ1) is 23.9. The van der Waals surface area contributed by atoms with Crippen molar-refractivity contribution in [2.45, 2.75) is 26.1 Å². The van der Waals surface area contributed by atoms with Gasteiger partial charge >= 0.3 is 0 Å². The first-order valence-electron chi connectivity index (χ1n) is 8.97. The van der Waals surface area contributed by atoms with Crippen molar-refractivity contribution in [2.75, 3.05) is 35.0 Å². The highest BCUT2D eigenvalue weighted by Gasteiger charge is 2.07. The van der Waals surface area contributed by atoms with Gasteiger partial charge < -0.3 is 42.0 Å². The highest BCUT2D eigenvalue weighted by atomic mass is 35.5. The van der Waals surface area contributed by atoms with Crippen LogP contribution in [-0.4, -0.2) is 41.0 Å². The first-order chi connectivity index (χ1) is 13.1. The molecule has 0 spiro atoms. The Kier molecular flexibility index (Phi) is 10.5. The van der Waals surface area contributed by atoms with Gasteiger partial charge in [0.05, 0.1) is 28.4 Å². The zero-order chi connectivity index (χ0) is 19.6. The van der Waals surface area contributed by atoms with Gasteiger partial charge in [0.15, 0.2) is 23.0 Å². The summed E-state index contributed by atoms with van der Waals surface area (Å²) in [6, 6.07) is 12.2. The third kappa shape index (κ3) is 6.78. The highest BCUT2D eigenvalue weighted by molar-refractivity contribution is 5.43. The number of methoxy groups -OCH3 is 4. The smallest absolute Gasteiger partial charge is 0.161 e. The summed E-state index contributed by atoms with van der Waals surface area (Å²) < 4.78 is 21.2. The van der Waals surface area contributed by atoms with Gasteiger partial charge in [0, 0.05) is 25.7 Å². The van der Waals surface area contributed by atoms with Crippen molar-refractivity contribution in [3.8, 4) is 23.0 Å². The van der Waals surface area contributed by atoms with E-state index in [1.807, 2.05) is 36.4 Å². The molecule has 1 atom stereocenters. The number of ether oxygens (including phenoxy) is 4. The molecule has 0 radical (unpaired) electrons. The molecule has 7 heteroatoms. The molecule has 0 aliphatic carbocycles. The molecule has 0 heterocycles. The highest BCUT2D eigenvalue weighted by Crippen LogP contribution is 2.28. The Bertz CT molecular complexity index is 728. The second-order valence-electron chi connectivity index (χ2n) is 6.29. The van der Waals surface area contributed by atoms with Crippen LogP contribution in [0.15, 0.2) is 36.4 Å². The predicted octanol–water partition coefficient (Wildman–Crippen LogP) is -0.00710. The molecule has 1 unspecified atom stereocenters. The van der Waals surface area contributed by atoms with Crippen LogP contribution in [0.25, 0.3) is 0 Å². The third-order valence-corrected chi connectivity index (χ3v) is 4.33. The van der Waals surface area contributed by atoms with E-state index >= 15 is 0 Å². The topological polar surface area (TPSA) is 61.0 Å². The summed E-state index contributed by atoms with van der Waals surface area (Å²) in [4.78, 5) is 0. The van der Waals surface area contributed by atoms with Gasteiger partial charge in [0.25, 0.3) is 0 Å². The maximum absolute atomic E-state index is 5.35. The quantitative estimate of drug-likeness (QED) is 0.544. The summed E-state index contributed by atoms with van der Waals surface area (Å²) in [6.45, 7) is 4.53. The van der Waals surface area contributed by atoms with Crippen molar-refractivity contribution in [1.82, 2.24) is 10.6 Å². The number of nitrogens with one attached hydrogen (secondary N) is 2. The van der Waals surface area contributed by atoms with E-state index in [1.165, 1.54) is 0 Å². The summed E-state index contributed by atoms with van der Waals surface area (Å²) in [5.41, 5.74) is 2.30. The van der Waals surface area contributed by atoms with Gasteiger partial charge in [-0.1, -0.05) is 12.1 Å².